The van der Waals surface area contributed by atoms with Crippen LogP contribution in [0.25, 0.3) is 0 Å². The smallest absolute Gasteiger partial charge is 0.251 e. The summed E-state index contributed by atoms with van der Waals surface area (Å²) in [7, 11) is 0. The summed E-state index contributed by atoms with van der Waals surface area (Å²) in [5.74, 6) is -0.155. The summed E-state index contributed by atoms with van der Waals surface area (Å²) in [6.07, 6.45) is 1.31. The molecule has 0 radical (unpaired) electrons. The van der Waals surface area contributed by atoms with Gasteiger partial charge in [0, 0.05) is 17.0 Å². The van der Waals surface area contributed by atoms with E-state index in [1.54, 1.807) is 11.8 Å². The molecule has 22 heavy (non-hydrogen) atoms. The van der Waals surface area contributed by atoms with Crippen molar-refractivity contribution in [3.05, 3.63) is 64.7 Å². The second kappa shape index (κ2) is 7.47. The standard InChI is InChI=1S/C18H21NO2S/c1-12-4-9-16(13(2)10-12)18(21)19-11-17(20)14-5-7-15(22-3)8-6-14/h4-10,17,20H,11H2,1-3H3,(H,19,21). The van der Waals surface area contributed by atoms with E-state index in [-0.39, 0.29) is 12.5 Å². The second-order valence-electron chi connectivity index (χ2n) is 5.32. The molecule has 0 heterocycles. The van der Waals surface area contributed by atoms with E-state index >= 15 is 0 Å². The fourth-order valence-electron chi connectivity index (χ4n) is 2.30. The first-order valence-corrected chi connectivity index (χ1v) is 8.41. The van der Waals surface area contributed by atoms with Crippen molar-refractivity contribution in [1.29, 1.82) is 0 Å². The van der Waals surface area contributed by atoms with Crippen LogP contribution < -0.4 is 5.32 Å². The van der Waals surface area contributed by atoms with Gasteiger partial charge in [0.2, 0.25) is 0 Å². The number of carbonyl (C=O) groups is 1. The fraction of sp³-hybridized carbons (Fsp3) is 0.278. The highest BCUT2D eigenvalue weighted by Crippen LogP contribution is 2.19. The minimum Gasteiger partial charge on any atom is -0.387 e. The molecule has 0 saturated carbocycles. The Morgan fingerprint density at radius 3 is 2.45 bits per heavy atom. The monoisotopic (exact) mass is 315 g/mol. The number of nitrogens with one attached hydrogen (secondary N) is 1. The molecule has 2 aromatic rings. The first-order chi connectivity index (χ1) is 10.5. The predicted octanol–water partition coefficient (Wildman–Crippen LogP) is 3.49. The molecule has 0 aliphatic heterocycles. The summed E-state index contributed by atoms with van der Waals surface area (Å²) < 4.78 is 0. The molecule has 2 aromatic carbocycles. The number of carbonyl (C=O) groups excluding carboxylic acids is 1. The molecule has 0 saturated heterocycles. The van der Waals surface area contributed by atoms with Crippen LogP contribution in [0.5, 0.6) is 0 Å². The van der Waals surface area contributed by atoms with E-state index in [0.717, 1.165) is 21.6 Å². The molecule has 2 rings (SSSR count). The highest BCUT2D eigenvalue weighted by molar-refractivity contribution is 7.98. The summed E-state index contributed by atoms with van der Waals surface area (Å²) in [5.41, 5.74) is 3.52. The number of hydrogen-bond donors (Lipinski definition) is 2. The zero-order valence-electron chi connectivity index (χ0n) is 13.1. The van der Waals surface area contributed by atoms with E-state index in [9.17, 15) is 9.90 Å². The number of benzene rings is 2. The number of amides is 1. The maximum absolute atomic E-state index is 12.2. The van der Waals surface area contributed by atoms with Gasteiger partial charge in [-0.3, -0.25) is 4.79 Å². The van der Waals surface area contributed by atoms with E-state index in [1.807, 2.05) is 62.6 Å². The van der Waals surface area contributed by atoms with Crippen LogP contribution in [0.4, 0.5) is 0 Å². The molecule has 0 spiro atoms. The molecule has 0 bridgehead atoms. The van der Waals surface area contributed by atoms with E-state index in [0.29, 0.717) is 5.56 Å². The van der Waals surface area contributed by atoms with Crippen molar-refractivity contribution in [1.82, 2.24) is 5.32 Å². The summed E-state index contributed by atoms with van der Waals surface area (Å²) in [6, 6.07) is 13.4. The molecule has 1 amide bonds. The third-order valence-electron chi connectivity index (χ3n) is 3.58. The van der Waals surface area contributed by atoms with Crippen molar-refractivity contribution in [2.75, 3.05) is 12.8 Å². The Balaban J connectivity index is 1.97. The first kappa shape index (κ1) is 16.6. The number of aryl methyl sites for hydroxylation is 2. The number of hydrogen-bond acceptors (Lipinski definition) is 3. The Labute approximate surface area is 135 Å². The van der Waals surface area contributed by atoms with Crippen LogP contribution in [0.3, 0.4) is 0 Å². The van der Waals surface area contributed by atoms with Gasteiger partial charge in [0.1, 0.15) is 0 Å². The zero-order valence-corrected chi connectivity index (χ0v) is 13.9. The molecule has 2 N–H and O–H groups in total. The number of rotatable bonds is 5. The average Bonchev–Trinajstić information content (AvgIpc) is 2.52. The van der Waals surface area contributed by atoms with Crippen LogP contribution in [0.1, 0.15) is 33.2 Å². The van der Waals surface area contributed by atoms with Crippen molar-refractivity contribution >= 4 is 17.7 Å². The van der Waals surface area contributed by atoms with Crippen LogP contribution in [-0.2, 0) is 0 Å². The largest absolute Gasteiger partial charge is 0.387 e. The second-order valence-corrected chi connectivity index (χ2v) is 6.20. The van der Waals surface area contributed by atoms with Crippen molar-refractivity contribution in [3.8, 4) is 0 Å². The van der Waals surface area contributed by atoms with Gasteiger partial charge in [-0.25, -0.2) is 0 Å². The highest BCUT2D eigenvalue weighted by atomic mass is 32.2. The van der Waals surface area contributed by atoms with Crippen molar-refractivity contribution < 1.29 is 9.90 Å². The van der Waals surface area contributed by atoms with Crippen LogP contribution in [0.2, 0.25) is 0 Å². The van der Waals surface area contributed by atoms with Gasteiger partial charge in [-0.05, 0) is 49.4 Å². The Bertz CT molecular complexity index is 653. The molecule has 1 unspecified atom stereocenters. The number of thioether (sulfide) groups is 1. The average molecular weight is 315 g/mol. The lowest BCUT2D eigenvalue weighted by molar-refractivity contribution is 0.0915. The fourth-order valence-corrected chi connectivity index (χ4v) is 2.71. The summed E-state index contributed by atoms with van der Waals surface area (Å²) in [6.45, 7) is 4.11. The van der Waals surface area contributed by atoms with Gasteiger partial charge in [0.05, 0.1) is 6.10 Å². The van der Waals surface area contributed by atoms with Gasteiger partial charge in [0.15, 0.2) is 0 Å². The Kier molecular flexibility index (Phi) is 5.63. The molecule has 4 heteroatoms. The minimum atomic E-state index is -0.703. The molecule has 0 fully saturated rings. The van der Waals surface area contributed by atoms with E-state index in [2.05, 4.69) is 5.32 Å². The van der Waals surface area contributed by atoms with Crippen LogP contribution in [0, 0.1) is 13.8 Å². The quantitative estimate of drug-likeness (QED) is 0.830. The van der Waals surface area contributed by atoms with Gasteiger partial charge in [0.25, 0.3) is 5.91 Å². The third kappa shape index (κ3) is 4.12. The van der Waals surface area contributed by atoms with Gasteiger partial charge < -0.3 is 10.4 Å². The normalized spacial score (nSPS) is 12.0. The number of aliphatic hydroxyl groups excluding tert-OH is 1. The Morgan fingerprint density at radius 2 is 1.86 bits per heavy atom. The molecule has 116 valence electrons. The Hall–Kier alpha value is -1.78. The van der Waals surface area contributed by atoms with Crippen LogP contribution >= 0.6 is 11.8 Å². The Morgan fingerprint density at radius 1 is 1.18 bits per heavy atom. The van der Waals surface area contributed by atoms with Gasteiger partial charge in [-0.15, -0.1) is 11.8 Å². The van der Waals surface area contributed by atoms with Crippen molar-refractivity contribution in [3.63, 3.8) is 0 Å². The predicted molar refractivity (Wildman–Crippen MR) is 91.4 cm³/mol. The maximum Gasteiger partial charge on any atom is 0.251 e. The summed E-state index contributed by atoms with van der Waals surface area (Å²) >= 11 is 1.66. The molecule has 0 aliphatic carbocycles. The van der Waals surface area contributed by atoms with Gasteiger partial charge in [-0.2, -0.15) is 0 Å². The van der Waals surface area contributed by atoms with Crippen molar-refractivity contribution in [2.24, 2.45) is 0 Å². The van der Waals surface area contributed by atoms with Gasteiger partial charge >= 0.3 is 0 Å². The zero-order chi connectivity index (χ0) is 16.1. The lowest BCUT2D eigenvalue weighted by atomic mass is 10.0. The SMILES string of the molecule is CSc1ccc(C(O)CNC(=O)c2ccc(C)cc2C)cc1. The summed E-state index contributed by atoms with van der Waals surface area (Å²) in [5, 5.41) is 13.0. The molecular weight excluding hydrogens is 294 g/mol. The molecular formula is C18H21NO2S. The minimum absolute atomic E-state index is 0.155. The molecule has 0 aliphatic rings. The lowest BCUT2D eigenvalue weighted by Crippen LogP contribution is -2.28. The molecule has 3 nitrogen and oxygen atoms in total. The van der Waals surface area contributed by atoms with E-state index in [1.165, 1.54) is 0 Å². The lowest BCUT2D eigenvalue weighted by Gasteiger charge is -2.14. The topological polar surface area (TPSA) is 49.3 Å². The molecule has 1 atom stereocenters. The first-order valence-electron chi connectivity index (χ1n) is 7.18. The van der Waals surface area contributed by atoms with Crippen LogP contribution in [0.15, 0.2) is 47.4 Å². The van der Waals surface area contributed by atoms with E-state index in [4.69, 9.17) is 0 Å². The summed E-state index contributed by atoms with van der Waals surface area (Å²) in [4.78, 5) is 13.3. The number of aliphatic hydroxyl groups is 1. The maximum atomic E-state index is 12.2. The van der Waals surface area contributed by atoms with Gasteiger partial charge in [-0.1, -0.05) is 29.8 Å². The van der Waals surface area contributed by atoms with Crippen LogP contribution in [-0.4, -0.2) is 23.8 Å². The molecule has 0 aromatic heterocycles. The van der Waals surface area contributed by atoms with Crippen molar-refractivity contribution in [2.45, 2.75) is 24.8 Å². The highest BCUT2D eigenvalue weighted by Gasteiger charge is 2.12. The van der Waals surface area contributed by atoms with E-state index < -0.39 is 6.10 Å². The third-order valence-corrected chi connectivity index (χ3v) is 4.33.